The summed E-state index contributed by atoms with van der Waals surface area (Å²) in [5, 5.41) is 3.88. The molecule has 0 radical (unpaired) electrons. The van der Waals surface area contributed by atoms with E-state index in [0.29, 0.717) is 23.0 Å². The number of dihydropyridines is 1. The minimum Gasteiger partial charge on any atom is -0.462 e. The smallest absolute Gasteiger partial charge is 0.345 e. The quantitative estimate of drug-likeness (QED) is 0.650. The Hall–Kier alpha value is -2.66. The number of halogens is 1. The number of nitrogens with one attached hydrogen (secondary N) is 1. The summed E-state index contributed by atoms with van der Waals surface area (Å²) in [5.41, 5.74) is 2.07. The van der Waals surface area contributed by atoms with Crippen LogP contribution in [0.15, 0.2) is 64.8 Å². The summed E-state index contributed by atoms with van der Waals surface area (Å²) in [4.78, 5) is 28.7. The molecule has 1 aromatic rings. The van der Waals surface area contributed by atoms with E-state index >= 15 is 0 Å². The molecule has 1 N–H and O–H groups in total. The van der Waals surface area contributed by atoms with Crippen LogP contribution < -0.4 is 5.32 Å². The maximum atomic E-state index is 12.4. The molecule has 1 heterocycles. The molecule has 0 spiro atoms. The molecule has 3 rings (SSSR count). The van der Waals surface area contributed by atoms with Gasteiger partial charge in [-0.15, -0.1) is 0 Å². The Morgan fingerprint density at radius 3 is 2.76 bits per heavy atom. The lowest BCUT2D eigenvalue weighted by molar-refractivity contribution is -0.140. The van der Waals surface area contributed by atoms with Gasteiger partial charge in [-0.3, -0.25) is 4.79 Å². The molecular weight excluding hydrogens is 340 g/mol. The van der Waals surface area contributed by atoms with Crippen LogP contribution in [0, 0.1) is 5.92 Å². The van der Waals surface area contributed by atoms with E-state index in [4.69, 9.17) is 16.3 Å². The lowest BCUT2D eigenvalue weighted by Gasteiger charge is -2.26. The van der Waals surface area contributed by atoms with Crippen LogP contribution in [0.1, 0.15) is 12.5 Å². The summed E-state index contributed by atoms with van der Waals surface area (Å²) < 4.78 is 5.04. The second-order valence-electron chi connectivity index (χ2n) is 5.55. The van der Waals surface area contributed by atoms with Gasteiger partial charge < -0.3 is 10.1 Å². The number of carbonyl (C=O) groups is 2. The van der Waals surface area contributed by atoms with Crippen molar-refractivity contribution in [2.75, 3.05) is 6.61 Å². The molecule has 0 saturated carbocycles. The lowest BCUT2D eigenvalue weighted by Crippen LogP contribution is -2.35. The molecule has 6 heteroatoms. The fourth-order valence-electron chi connectivity index (χ4n) is 2.72. The van der Waals surface area contributed by atoms with Gasteiger partial charge in [0.25, 0.3) is 5.91 Å². The maximum Gasteiger partial charge on any atom is 0.345 e. The average Bonchev–Trinajstić information content (AvgIpc) is 2.60. The van der Waals surface area contributed by atoms with Crippen LogP contribution in [-0.4, -0.2) is 24.2 Å². The van der Waals surface area contributed by atoms with Crippen LogP contribution >= 0.6 is 11.6 Å². The first-order chi connectivity index (χ1) is 12.1. The highest BCUT2D eigenvalue weighted by Crippen LogP contribution is 2.27. The van der Waals surface area contributed by atoms with Crippen molar-refractivity contribution in [1.29, 1.82) is 0 Å². The van der Waals surface area contributed by atoms with Crippen molar-refractivity contribution in [3.8, 4) is 0 Å². The fourth-order valence-corrected chi connectivity index (χ4v) is 2.85. The third-order valence-electron chi connectivity index (χ3n) is 3.90. The number of allylic oxidation sites excluding steroid dienone is 4. The normalized spacial score (nSPS) is 18.7. The van der Waals surface area contributed by atoms with Gasteiger partial charge in [-0.1, -0.05) is 42.0 Å². The molecule has 5 nitrogen and oxygen atoms in total. The molecule has 1 aliphatic carbocycles. The zero-order chi connectivity index (χ0) is 17.8. The minimum atomic E-state index is -0.656. The Labute approximate surface area is 150 Å². The molecule has 0 aromatic heterocycles. The van der Waals surface area contributed by atoms with Crippen molar-refractivity contribution in [3.05, 3.63) is 70.4 Å². The second-order valence-corrected chi connectivity index (χ2v) is 5.99. The summed E-state index contributed by atoms with van der Waals surface area (Å²) in [6.45, 7) is 2.34. The SMILES string of the molecule is CCOC(=O)C1=C(NCc2ccc(Cl)cc2)C2C=CC=CC2=NC1=O. The summed E-state index contributed by atoms with van der Waals surface area (Å²) in [6.07, 6.45) is 7.35. The van der Waals surface area contributed by atoms with Crippen molar-refractivity contribution < 1.29 is 14.3 Å². The predicted molar refractivity (Wildman–Crippen MR) is 96.2 cm³/mol. The highest BCUT2D eigenvalue weighted by atomic mass is 35.5. The maximum absolute atomic E-state index is 12.4. The van der Waals surface area contributed by atoms with Gasteiger partial charge in [0, 0.05) is 17.3 Å². The summed E-state index contributed by atoms with van der Waals surface area (Å²) in [5.74, 6) is -1.51. The number of hydrogen-bond acceptors (Lipinski definition) is 4. The molecule has 128 valence electrons. The number of esters is 1. The zero-order valence-electron chi connectivity index (χ0n) is 13.7. The number of nitrogens with zero attached hydrogens (tertiary/aromatic N) is 1. The summed E-state index contributed by atoms with van der Waals surface area (Å²) in [7, 11) is 0. The molecule has 2 aliphatic rings. The van der Waals surface area contributed by atoms with Gasteiger partial charge in [-0.2, -0.15) is 0 Å². The standard InChI is InChI=1S/C19H17ClN2O3/c1-2-25-19(24)16-17(21-11-12-7-9-13(20)10-8-12)14-5-3-4-6-15(14)22-18(16)23/h3-10,14,21H,2,11H2,1H3. The number of rotatable bonds is 5. The van der Waals surface area contributed by atoms with Gasteiger partial charge in [-0.05, 0) is 30.7 Å². The van der Waals surface area contributed by atoms with E-state index in [0.717, 1.165) is 5.56 Å². The van der Waals surface area contributed by atoms with Crippen molar-refractivity contribution in [2.45, 2.75) is 13.5 Å². The molecule has 0 fully saturated rings. The summed E-state index contributed by atoms with van der Waals surface area (Å²) >= 11 is 5.90. The highest BCUT2D eigenvalue weighted by molar-refractivity contribution is 6.30. The molecular formula is C19H17ClN2O3. The molecule has 1 aliphatic heterocycles. The van der Waals surface area contributed by atoms with Crippen molar-refractivity contribution in [1.82, 2.24) is 5.32 Å². The highest BCUT2D eigenvalue weighted by Gasteiger charge is 2.34. The second kappa shape index (κ2) is 7.49. The van der Waals surface area contributed by atoms with E-state index in [1.54, 1.807) is 25.1 Å². The molecule has 1 amide bonds. The number of aliphatic imine (C=N–C) groups is 1. The minimum absolute atomic E-state index is 0.0375. The predicted octanol–water partition coefficient (Wildman–Crippen LogP) is 2.97. The van der Waals surface area contributed by atoms with Gasteiger partial charge in [0.2, 0.25) is 0 Å². The number of hydrogen-bond donors (Lipinski definition) is 1. The van der Waals surface area contributed by atoms with E-state index in [1.807, 2.05) is 30.4 Å². The molecule has 0 bridgehead atoms. The first-order valence-electron chi connectivity index (χ1n) is 7.97. The Morgan fingerprint density at radius 2 is 2.04 bits per heavy atom. The first-order valence-corrected chi connectivity index (χ1v) is 8.35. The Balaban J connectivity index is 1.92. The third kappa shape index (κ3) is 3.72. The van der Waals surface area contributed by atoms with Gasteiger partial charge in [0.05, 0.1) is 18.2 Å². The molecule has 1 aromatic carbocycles. The van der Waals surface area contributed by atoms with Crippen LogP contribution in [0.3, 0.4) is 0 Å². The van der Waals surface area contributed by atoms with Crippen molar-refractivity contribution >= 4 is 29.2 Å². The first kappa shape index (κ1) is 17.2. The number of fused-ring (bicyclic) bond motifs is 1. The Bertz CT molecular complexity index is 820. The topological polar surface area (TPSA) is 67.8 Å². The largest absolute Gasteiger partial charge is 0.462 e. The summed E-state index contributed by atoms with van der Waals surface area (Å²) in [6, 6.07) is 7.36. The fraction of sp³-hybridized carbons (Fsp3) is 0.211. The van der Waals surface area contributed by atoms with Crippen molar-refractivity contribution in [2.24, 2.45) is 10.9 Å². The number of benzene rings is 1. The van der Waals surface area contributed by atoms with Gasteiger partial charge in [0.15, 0.2) is 0 Å². The Morgan fingerprint density at radius 1 is 1.28 bits per heavy atom. The molecule has 0 saturated heterocycles. The number of ether oxygens (including phenoxy) is 1. The van der Waals surface area contributed by atoms with Gasteiger partial charge in [-0.25, -0.2) is 9.79 Å². The molecule has 25 heavy (non-hydrogen) atoms. The van der Waals surface area contributed by atoms with Crippen LogP contribution in [0.4, 0.5) is 0 Å². The number of amides is 1. The van der Waals surface area contributed by atoms with Crippen LogP contribution in [0.5, 0.6) is 0 Å². The average molecular weight is 357 g/mol. The molecule has 1 atom stereocenters. The van der Waals surface area contributed by atoms with E-state index in [9.17, 15) is 9.59 Å². The zero-order valence-corrected chi connectivity index (χ0v) is 14.4. The van der Waals surface area contributed by atoms with E-state index < -0.39 is 11.9 Å². The molecule has 1 unspecified atom stereocenters. The van der Waals surface area contributed by atoms with Crippen molar-refractivity contribution in [3.63, 3.8) is 0 Å². The Kier molecular flexibility index (Phi) is 5.14. The van der Waals surface area contributed by atoms with E-state index in [2.05, 4.69) is 10.3 Å². The van der Waals surface area contributed by atoms with E-state index in [1.165, 1.54) is 0 Å². The van der Waals surface area contributed by atoms with Gasteiger partial charge >= 0.3 is 5.97 Å². The number of carbonyl (C=O) groups excluding carboxylic acids is 2. The monoisotopic (exact) mass is 356 g/mol. The van der Waals surface area contributed by atoms with Gasteiger partial charge in [0.1, 0.15) is 5.57 Å². The lowest BCUT2D eigenvalue weighted by atomic mass is 9.89. The van der Waals surface area contributed by atoms with E-state index in [-0.39, 0.29) is 18.1 Å². The third-order valence-corrected chi connectivity index (χ3v) is 4.15. The van der Waals surface area contributed by atoms with Crippen LogP contribution in [0.25, 0.3) is 0 Å². The van der Waals surface area contributed by atoms with Crippen LogP contribution in [-0.2, 0) is 20.9 Å². The van der Waals surface area contributed by atoms with Crippen LogP contribution in [0.2, 0.25) is 5.02 Å².